The molecule has 0 radical (unpaired) electrons. The predicted octanol–water partition coefficient (Wildman–Crippen LogP) is 3.36. The second-order valence-electron chi connectivity index (χ2n) is 5.19. The number of hydrogen-bond donors (Lipinski definition) is 0. The van der Waals surface area contributed by atoms with E-state index in [2.05, 4.69) is 42.2 Å². The molecular formula is C16H20N2O2. The van der Waals surface area contributed by atoms with Gasteiger partial charge in [-0.25, -0.2) is 0 Å². The van der Waals surface area contributed by atoms with E-state index < -0.39 is 0 Å². The van der Waals surface area contributed by atoms with Gasteiger partial charge in [0.2, 0.25) is 5.89 Å². The van der Waals surface area contributed by atoms with E-state index in [1.54, 1.807) is 6.92 Å². The minimum absolute atomic E-state index is 0.117. The number of rotatable bonds is 5. The van der Waals surface area contributed by atoms with Crippen LogP contribution >= 0.6 is 0 Å². The Balaban J connectivity index is 2.13. The molecule has 0 bridgehead atoms. The van der Waals surface area contributed by atoms with Crippen molar-refractivity contribution in [3.63, 3.8) is 0 Å². The van der Waals surface area contributed by atoms with Crippen molar-refractivity contribution >= 4 is 5.78 Å². The first kappa shape index (κ1) is 14.4. The van der Waals surface area contributed by atoms with Gasteiger partial charge >= 0.3 is 0 Å². The molecule has 0 aliphatic heterocycles. The molecule has 0 aliphatic rings. The van der Waals surface area contributed by atoms with Crippen LogP contribution in [0, 0.1) is 13.8 Å². The van der Waals surface area contributed by atoms with Gasteiger partial charge in [-0.15, -0.1) is 0 Å². The van der Waals surface area contributed by atoms with Crippen LogP contribution in [0.25, 0.3) is 0 Å². The number of carbonyl (C=O) groups is 1. The van der Waals surface area contributed by atoms with Crippen LogP contribution in [0.2, 0.25) is 0 Å². The van der Waals surface area contributed by atoms with Crippen molar-refractivity contribution in [1.82, 2.24) is 10.1 Å². The minimum Gasteiger partial charge on any atom is -0.339 e. The molecule has 2 rings (SSSR count). The summed E-state index contributed by atoms with van der Waals surface area (Å²) in [5.74, 6) is 0.835. The lowest BCUT2D eigenvalue weighted by Gasteiger charge is -2.03. The summed E-state index contributed by atoms with van der Waals surface area (Å²) < 4.78 is 5.19. The Kier molecular flexibility index (Phi) is 4.32. The highest BCUT2D eigenvalue weighted by Gasteiger charge is 2.20. The zero-order chi connectivity index (χ0) is 14.7. The summed E-state index contributed by atoms with van der Waals surface area (Å²) in [7, 11) is 0. The fraction of sp³-hybridized carbons (Fsp3) is 0.438. The number of Topliss-reactive ketones (excluding diaryl/α,β-unsaturated/α-hetero) is 1. The zero-order valence-electron chi connectivity index (χ0n) is 12.4. The average Bonchev–Trinajstić information content (AvgIpc) is 2.89. The molecule has 1 heterocycles. The van der Waals surface area contributed by atoms with Crippen LogP contribution in [-0.4, -0.2) is 15.9 Å². The molecule has 1 atom stereocenters. The van der Waals surface area contributed by atoms with Crippen molar-refractivity contribution in [1.29, 1.82) is 0 Å². The topological polar surface area (TPSA) is 56.0 Å². The number of ketones is 1. The molecule has 1 aromatic carbocycles. The van der Waals surface area contributed by atoms with Crippen molar-refractivity contribution in [3.8, 4) is 0 Å². The van der Waals surface area contributed by atoms with Crippen molar-refractivity contribution in [2.24, 2.45) is 0 Å². The molecule has 0 spiro atoms. The molecule has 1 aromatic heterocycles. The van der Waals surface area contributed by atoms with Crippen molar-refractivity contribution < 1.29 is 9.32 Å². The molecule has 20 heavy (non-hydrogen) atoms. The Morgan fingerprint density at radius 2 is 2.05 bits per heavy atom. The summed E-state index contributed by atoms with van der Waals surface area (Å²) in [5.41, 5.74) is 3.67. The Bertz CT molecular complexity index is 617. The summed E-state index contributed by atoms with van der Waals surface area (Å²) in [5, 5.41) is 3.96. The van der Waals surface area contributed by atoms with Crippen molar-refractivity contribution in [3.05, 3.63) is 46.6 Å². The summed E-state index contributed by atoms with van der Waals surface area (Å²) in [6.07, 6.45) is 1.10. The van der Waals surface area contributed by atoms with Gasteiger partial charge in [-0.2, -0.15) is 4.98 Å². The first-order chi connectivity index (χ1) is 9.51. The van der Waals surface area contributed by atoms with E-state index in [4.69, 9.17) is 4.52 Å². The standard InChI is InChI=1S/C16H20N2O2/c1-5-14(19)12(4)16-17-15(18-20-16)9-13-7-6-10(2)11(3)8-13/h6-8,12H,5,9H2,1-4H3. The molecule has 0 amide bonds. The molecule has 4 nitrogen and oxygen atoms in total. The van der Waals surface area contributed by atoms with Crippen molar-refractivity contribution in [2.45, 2.75) is 46.5 Å². The van der Waals surface area contributed by atoms with Gasteiger partial charge in [0.15, 0.2) is 5.82 Å². The summed E-state index contributed by atoms with van der Waals surface area (Å²) in [6, 6.07) is 6.29. The molecule has 0 N–H and O–H groups in total. The zero-order valence-corrected chi connectivity index (χ0v) is 12.4. The molecule has 2 aromatic rings. The summed E-state index contributed by atoms with van der Waals surface area (Å²) in [6.45, 7) is 7.82. The highest BCUT2D eigenvalue weighted by Crippen LogP contribution is 2.17. The second-order valence-corrected chi connectivity index (χ2v) is 5.19. The molecule has 0 saturated carbocycles. The monoisotopic (exact) mass is 272 g/mol. The van der Waals surface area contributed by atoms with Crippen LogP contribution in [0.4, 0.5) is 0 Å². The third kappa shape index (κ3) is 3.13. The van der Waals surface area contributed by atoms with Crippen LogP contribution in [0.1, 0.15) is 54.6 Å². The van der Waals surface area contributed by atoms with Gasteiger partial charge in [-0.05, 0) is 37.5 Å². The van der Waals surface area contributed by atoms with Gasteiger partial charge in [-0.3, -0.25) is 4.79 Å². The van der Waals surface area contributed by atoms with Gasteiger partial charge in [0.25, 0.3) is 0 Å². The van der Waals surface area contributed by atoms with E-state index in [0.717, 1.165) is 5.56 Å². The Hall–Kier alpha value is -1.97. The molecule has 0 fully saturated rings. The molecule has 4 heteroatoms. The van der Waals surface area contributed by atoms with Gasteiger partial charge in [0.1, 0.15) is 5.78 Å². The average molecular weight is 272 g/mol. The van der Waals surface area contributed by atoms with Gasteiger partial charge in [-0.1, -0.05) is 30.3 Å². The van der Waals surface area contributed by atoms with E-state index in [0.29, 0.717) is 24.6 Å². The maximum absolute atomic E-state index is 11.6. The quantitative estimate of drug-likeness (QED) is 0.837. The van der Waals surface area contributed by atoms with Gasteiger partial charge in [0.05, 0.1) is 5.92 Å². The van der Waals surface area contributed by atoms with Gasteiger partial charge < -0.3 is 4.52 Å². The summed E-state index contributed by atoms with van der Waals surface area (Å²) in [4.78, 5) is 16.0. The molecule has 0 aliphatic carbocycles. The van der Waals surface area contributed by atoms with Crippen LogP contribution in [0.5, 0.6) is 0 Å². The first-order valence-electron chi connectivity index (χ1n) is 6.92. The number of hydrogen-bond acceptors (Lipinski definition) is 4. The van der Waals surface area contributed by atoms with E-state index in [1.165, 1.54) is 11.1 Å². The summed E-state index contributed by atoms with van der Waals surface area (Å²) >= 11 is 0. The third-order valence-electron chi connectivity index (χ3n) is 3.62. The predicted molar refractivity (Wildman–Crippen MR) is 76.7 cm³/mol. The van der Waals surface area contributed by atoms with E-state index in [9.17, 15) is 4.79 Å². The maximum atomic E-state index is 11.6. The van der Waals surface area contributed by atoms with Gasteiger partial charge in [0, 0.05) is 12.8 Å². The van der Waals surface area contributed by atoms with E-state index in [-0.39, 0.29) is 11.7 Å². The minimum atomic E-state index is -0.319. The number of aryl methyl sites for hydroxylation is 2. The van der Waals surface area contributed by atoms with Crippen molar-refractivity contribution in [2.75, 3.05) is 0 Å². The van der Waals surface area contributed by atoms with E-state index >= 15 is 0 Å². The van der Waals surface area contributed by atoms with E-state index in [1.807, 2.05) is 6.92 Å². The smallest absolute Gasteiger partial charge is 0.236 e. The number of aromatic nitrogens is 2. The lowest BCUT2D eigenvalue weighted by Crippen LogP contribution is -2.07. The highest BCUT2D eigenvalue weighted by atomic mass is 16.5. The Morgan fingerprint density at radius 1 is 1.30 bits per heavy atom. The number of carbonyl (C=O) groups excluding carboxylic acids is 1. The number of benzene rings is 1. The Labute approximate surface area is 119 Å². The number of nitrogens with zero attached hydrogens (tertiary/aromatic N) is 2. The third-order valence-corrected chi connectivity index (χ3v) is 3.62. The fourth-order valence-electron chi connectivity index (χ4n) is 2.06. The molecule has 1 unspecified atom stereocenters. The lowest BCUT2D eigenvalue weighted by molar-refractivity contribution is -0.120. The molecule has 106 valence electrons. The maximum Gasteiger partial charge on any atom is 0.236 e. The van der Waals surface area contributed by atoms with Crippen LogP contribution in [-0.2, 0) is 11.2 Å². The normalized spacial score (nSPS) is 12.4. The first-order valence-corrected chi connectivity index (χ1v) is 6.92. The highest BCUT2D eigenvalue weighted by molar-refractivity contribution is 5.83. The van der Waals surface area contributed by atoms with Crippen LogP contribution < -0.4 is 0 Å². The fourth-order valence-corrected chi connectivity index (χ4v) is 2.06. The SMILES string of the molecule is CCC(=O)C(C)c1nc(Cc2ccc(C)c(C)c2)no1. The second kappa shape index (κ2) is 5.99. The molecule has 0 saturated heterocycles. The largest absolute Gasteiger partial charge is 0.339 e. The Morgan fingerprint density at radius 3 is 2.70 bits per heavy atom. The van der Waals surface area contributed by atoms with Crippen LogP contribution in [0.3, 0.4) is 0 Å². The lowest BCUT2D eigenvalue weighted by atomic mass is 10.0. The van der Waals surface area contributed by atoms with Crippen LogP contribution in [0.15, 0.2) is 22.7 Å². The molecular weight excluding hydrogens is 252 g/mol.